The molecule has 9 heavy (non-hydrogen) atoms. The van der Waals surface area contributed by atoms with Crippen LogP contribution in [0.15, 0.2) is 17.5 Å². The molecule has 0 saturated heterocycles. The molecule has 0 aliphatic carbocycles. The van der Waals surface area contributed by atoms with Crippen molar-refractivity contribution in [3.63, 3.8) is 0 Å². The van der Waals surface area contributed by atoms with Crippen LogP contribution in [0.1, 0.15) is 0 Å². The number of thiophene rings is 1. The van der Waals surface area contributed by atoms with Crippen molar-refractivity contribution < 1.29 is 4.79 Å². The van der Waals surface area contributed by atoms with Crippen molar-refractivity contribution in [2.45, 2.75) is 0 Å². The zero-order valence-corrected chi connectivity index (χ0v) is 6.21. The lowest BCUT2D eigenvalue weighted by atomic mass is 10.6. The molecule has 0 aromatic carbocycles. The van der Waals surface area contributed by atoms with Gasteiger partial charge in [-0.15, -0.1) is 11.3 Å². The standard InChI is InChI=1S/C5H5NOS2/c7-5(8)6-4-2-1-3-9-4/h1-3H,(H2,6,7,8). The molecule has 0 radical (unpaired) electrons. The molecule has 0 bridgehead atoms. The number of thiol groups is 1. The third kappa shape index (κ3) is 2.07. The molecular formula is C5H5NOS2. The fourth-order valence-corrected chi connectivity index (χ4v) is 1.26. The van der Waals surface area contributed by atoms with Gasteiger partial charge in [0.05, 0.1) is 5.00 Å². The lowest BCUT2D eigenvalue weighted by Crippen LogP contribution is -1.97. The first kappa shape index (κ1) is 6.64. The first-order valence-electron chi connectivity index (χ1n) is 2.32. The molecule has 1 N–H and O–H groups in total. The van der Waals surface area contributed by atoms with Crippen LogP contribution in [0.5, 0.6) is 0 Å². The van der Waals surface area contributed by atoms with E-state index in [1.807, 2.05) is 17.5 Å². The topological polar surface area (TPSA) is 29.1 Å². The summed E-state index contributed by atoms with van der Waals surface area (Å²) in [6, 6.07) is 3.68. The van der Waals surface area contributed by atoms with Crippen molar-refractivity contribution in [2.24, 2.45) is 0 Å². The van der Waals surface area contributed by atoms with Gasteiger partial charge in [-0.2, -0.15) is 0 Å². The Balaban J connectivity index is 2.58. The van der Waals surface area contributed by atoms with Crippen molar-refractivity contribution in [3.8, 4) is 0 Å². The minimum atomic E-state index is -0.322. The quantitative estimate of drug-likeness (QED) is 0.604. The molecule has 48 valence electrons. The van der Waals surface area contributed by atoms with Crippen LogP contribution in [0.4, 0.5) is 9.80 Å². The van der Waals surface area contributed by atoms with E-state index >= 15 is 0 Å². The summed E-state index contributed by atoms with van der Waals surface area (Å²) in [6.45, 7) is 0. The number of carbonyl (C=O) groups excluding carboxylic acids is 1. The Kier molecular flexibility index (Phi) is 2.13. The van der Waals surface area contributed by atoms with Crippen molar-refractivity contribution in [1.29, 1.82) is 0 Å². The van der Waals surface area contributed by atoms with Gasteiger partial charge >= 0.3 is 0 Å². The molecular weight excluding hydrogens is 154 g/mol. The minimum Gasteiger partial charge on any atom is -0.309 e. The average Bonchev–Trinajstić information content (AvgIpc) is 2.15. The van der Waals surface area contributed by atoms with E-state index in [1.165, 1.54) is 11.3 Å². The number of rotatable bonds is 1. The Bertz CT molecular complexity index is 195. The highest BCUT2D eigenvalue weighted by atomic mass is 32.1. The zero-order chi connectivity index (χ0) is 6.69. The lowest BCUT2D eigenvalue weighted by Gasteiger charge is -1.91. The summed E-state index contributed by atoms with van der Waals surface area (Å²) in [7, 11) is 0. The molecule has 0 aliphatic rings. The molecule has 1 rings (SSSR count). The van der Waals surface area contributed by atoms with E-state index in [1.54, 1.807) is 0 Å². The molecule has 1 aromatic heterocycles. The van der Waals surface area contributed by atoms with Gasteiger partial charge in [-0.1, -0.05) is 12.6 Å². The summed E-state index contributed by atoms with van der Waals surface area (Å²) in [6.07, 6.45) is 0. The average molecular weight is 159 g/mol. The normalized spacial score (nSPS) is 9.00. The van der Waals surface area contributed by atoms with Crippen LogP contribution < -0.4 is 5.32 Å². The first-order chi connectivity index (χ1) is 4.29. The molecule has 0 spiro atoms. The number of hydrogen-bond acceptors (Lipinski definition) is 2. The Labute approximate surface area is 62.3 Å². The highest BCUT2D eigenvalue weighted by Gasteiger charge is 1.93. The van der Waals surface area contributed by atoms with E-state index < -0.39 is 0 Å². The van der Waals surface area contributed by atoms with Gasteiger partial charge in [-0.05, 0) is 17.5 Å². The van der Waals surface area contributed by atoms with Gasteiger partial charge in [-0.3, -0.25) is 4.79 Å². The van der Waals surface area contributed by atoms with E-state index in [2.05, 4.69) is 17.9 Å². The maximum atomic E-state index is 10.3. The van der Waals surface area contributed by atoms with E-state index in [0.717, 1.165) is 5.00 Å². The van der Waals surface area contributed by atoms with Crippen molar-refractivity contribution >= 4 is 34.2 Å². The van der Waals surface area contributed by atoms with E-state index in [0.29, 0.717) is 0 Å². The highest BCUT2D eigenvalue weighted by molar-refractivity contribution is 7.96. The predicted octanol–water partition coefficient (Wildman–Crippen LogP) is 2.21. The van der Waals surface area contributed by atoms with Crippen LogP contribution in [0.25, 0.3) is 0 Å². The largest absolute Gasteiger partial charge is 0.309 e. The van der Waals surface area contributed by atoms with Crippen LogP contribution in [0, 0.1) is 0 Å². The van der Waals surface area contributed by atoms with Crippen LogP contribution in [0.3, 0.4) is 0 Å². The molecule has 4 heteroatoms. The number of anilines is 1. The first-order valence-corrected chi connectivity index (χ1v) is 3.65. The van der Waals surface area contributed by atoms with Gasteiger partial charge < -0.3 is 5.32 Å². The van der Waals surface area contributed by atoms with Gasteiger partial charge in [0, 0.05) is 0 Å². The molecule has 0 atom stereocenters. The predicted molar refractivity (Wildman–Crippen MR) is 42.3 cm³/mol. The van der Waals surface area contributed by atoms with Crippen LogP contribution in [0.2, 0.25) is 0 Å². The Morgan fingerprint density at radius 3 is 3.00 bits per heavy atom. The Hall–Kier alpha value is -0.480. The van der Waals surface area contributed by atoms with E-state index in [4.69, 9.17) is 0 Å². The molecule has 0 aliphatic heterocycles. The maximum Gasteiger partial charge on any atom is 0.280 e. The molecule has 1 heterocycles. The van der Waals surface area contributed by atoms with Crippen molar-refractivity contribution in [2.75, 3.05) is 5.32 Å². The van der Waals surface area contributed by atoms with E-state index in [9.17, 15) is 4.79 Å². The molecule has 0 unspecified atom stereocenters. The summed E-state index contributed by atoms with van der Waals surface area (Å²) < 4.78 is 0. The third-order valence-corrected chi connectivity index (χ3v) is 1.65. The second-order valence-electron chi connectivity index (χ2n) is 1.41. The monoisotopic (exact) mass is 159 g/mol. The molecule has 1 aromatic rings. The second kappa shape index (κ2) is 2.89. The van der Waals surface area contributed by atoms with Gasteiger partial charge in [0.1, 0.15) is 0 Å². The van der Waals surface area contributed by atoms with Crippen molar-refractivity contribution in [1.82, 2.24) is 0 Å². The second-order valence-corrected chi connectivity index (χ2v) is 2.76. The summed E-state index contributed by atoms with van der Waals surface area (Å²) in [5.74, 6) is 0. The number of carbonyl (C=O) groups is 1. The minimum absolute atomic E-state index is 0.322. The van der Waals surface area contributed by atoms with Gasteiger partial charge in [-0.25, -0.2) is 0 Å². The van der Waals surface area contributed by atoms with Gasteiger partial charge in [0.2, 0.25) is 0 Å². The molecule has 1 amide bonds. The summed E-state index contributed by atoms with van der Waals surface area (Å²) in [5.41, 5.74) is 0. The molecule has 0 fully saturated rings. The fourth-order valence-electron chi connectivity index (χ4n) is 0.455. The maximum absolute atomic E-state index is 10.3. The van der Waals surface area contributed by atoms with Crippen LogP contribution >= 0.6 is 24.0 Å². The molecule has 0 saturated carbocycles. The zero-order valence-electron chi connectivity index (χ0n) is 4.50. The number of nitrogens with one attached hydrogen (secondary N) is 1. The summed E-state index contributed by atoms with van der Waals surface area (Å²) in [4.78, 5) is 10.3. The SMILES string of the molecule is O=C(S)Nc1cccs1. The highest BCUT2D eigenvalue weighted by Crippen LogP contribution is 2.14. The fraction of sp³-hybridized carbons (Fsp3) is 0. The van der Waals surface area contributed by atoms with Crippen molar-refractivity contribution in [3.05, 3.63) is 17.5 Å². The summed E-state index contributed by atoms with van der Waals surface area (Å²) >= 11 is 5.01. The lowest BCUT2D eigenvalue weighted by molar-refractivity contribution is 0.270. The Morgan fingerprint density at radius 2 is 2.56 bits per heavy atom. The van der Waals surface area contributed by atoms with E-state index in [-0.39, 0.29) is 5.24 Å². The van der Waals surface area contributed by atoms with Crippen LogP contribution in [-0.2, 0) is 0 Å². The van der Waals surface area contributed by atoms with Gasteiger partial charge in [0.25, 0.3) is 5.24 Å². The summed E-state index contributed by atoms with van der Waals surface area (Å²) in [5, 5.41) is 4.92. The third-order valence-electron chi connectivity index (χ3n) is 0.751. The number of amides is 1. The molecule has 2 nitrogen and oxygen atoms in total. The smallest absolute Gasteiger partial charge is 0.280 e. The van der Waals surface area contributed by atoms with Crippen LogP contribution in [-0.4, -0.2) is 5.24 Å². The Morgan fingerprint density at radius 1 is 1.78 bits per heavy atom. The van der Waals surface area contributed by atoms with Gasteiger partial charge in [0.15, 0.2) is 0 Å². The number of hydrogen-bond donors (Lipinski definition) is 2.